The lowest BCUT2D eigenvalue weighted by Gasteiger charge is -2.50. The van der Waals surface area contributed by atoms with Crippen LogP contribution >= 0.6 is 0 Å². The van der Waals surface area contributed by atoms with Crippen molar-refractivity contribution in [3.63, 3.8) is 0 Å². The molecule has 5 atom stereocenters. The Bertz CT molecular complexity index is 791. The van der Waals surface area contributed by atoms with Crippen molar-refractivity contribution in [1.82, 2.24) is 0 Å². The van der Waals surface area contributed by atoms with Crippen LogP contribution < -0.4 is 4.74 Å². The molecule has 0 amide bonds. The van der Waals surface area contributed by atoms with Crippen LogP contribution in [0.4, 0.5) is 0 Å². The van der Waals surface area contributed by atoms with Gasteiger partial charge in [-0.1, -0.05) is 18.6 Å². The maximum Gasteiger partial charge on any atom is 0.199 e. The van der Waals surface area contributed by atoms with Gasteiger partial charge in [0.05, 0.1) is 13.2 Å². The Morgan fingerprint density at radius 1 is 1.17 bits per heavy atom. The van der Waals surface area contributed by atoms with E-state index in [2.05, 4.69) is 32.0 Å². The van der Waals surface area contributed by atoms with Gasteiger partial charge in [-0.15, -0.1) is 0 Å². The van der Waals surface area contributed by atoms with Gasteiger partial charge in [0.25, 0.3) is 0 Å². The zero-order chi connectivity index (χ0) is 20.0. The number of ether oxygens (including phenoxy) is 2. The molecule has 3 fully saturated rings. The molecule has 0 bridgehead atoms. The standard InChI is InChI=1S/C26H36O3/c1-17(16-27)23-10-11-24-22-8-6-18-15-19(29-25-5-3-4-14-28-25)7-9-20(18)21(22)12-13-26(23,24)2/h7,9,15,21-22,24-25,27H,3-6,8,10-14,16H2,1-2H3/b23-17+/t21-,22-,24+,25?,26-/m1/s1. The number of allylic oxidation sites excluding steroid dienone is 1. The molecule has 0 radical (unpaired) electrons. The molecule has 1 unspecified atom stereocenters. The fraction of sp³-hybridized carbons (Fsp3) is 0.692. The molecule has 0 spiro atoms. The second kappa shape index (κ2) is 7.74. The first-order valence-corrected chi connectivity index (χ1v) is 11.8. The van der Waals surface area contributed by atoms with Crippen LogP contribution in [0.2, 0.25) is 0 Å². The van der Waals surface area contributed by atoms with Crippen LogP contribution in [0.5, 0.6) is 5.75 Å². The average molecular weight is 397 g/mol. The van der Waals surface area contributed by atoms with E-state index in [1.54, 1.807) is 11.1 Å². The number of fused-ring (bicyclic) bond motifs is 5. The third-order valence-corrected chi connectivity index (χ3v) is 8.64. The lowest BCUT2D eigenvalue weighted by Crippen LogP contribution is -2.40. The molecule has 3 nitrogen and oxygen atoms in total. The van der Waals surface area contributed by atoms with Crippen molar-refractivity contribution >= 4 is 0 Å². The molecule has 158 valence electrons. The minimum Gasteiger partial charge on any atom is -0.465 e. The molecule has 3 aliphatic carbocycles. The summed E-state index contributed by atoms with van der Waals surface area (Å²) in [5, 5.41) is 9.73. The van der Waals surface area contributed by atoms with Crippen molar-refractivity contribution in [2.24, 2.45) is 17.3 Å². The lowest BCUT2D eigenvalue weighted by molar-refractivity contribution is -0.105. The number of hydrogen-bond donors (Lipinski definition) is 1. The molecule has 29 heavy (non-hydrogen) atoms. The molecule has 1 saturated heterocycles. The fourth-order valence-electron chi connectivity index (χ4n) is 7.20. The Hall–Kier alpha value is -1.32. The van der Waals surface area contributed by atoms with Crippen molar-refractivity contribution in [2.45, 2.75) is 83.8 Å². The Labute approximate surface area is 175 Å². The predicted molar refractivity (Wildman–Crippen MR) is 115 cm³/mol. The third kappa shape index (κ3) is 3.35. The van der Waals surface area contributed by atoms with Crippen molar-refractivity contribution < 1.29 is 14.6 Å². The van der Waals surface area contributed by atoms with E-state index in [0.29, 0.717) is 11.3 Å². The van der Waals surface area contributed by atoms with Gasteiger partial charge in [0.1, 0.15) is 5.75 Å². The van der Waals surface area contributed by atoms with Crippen LogP contribution in [-0.2, 0) is 11.2 Å². The number of hydrogen-bond acceptors (Lipinski definition) is 3. The van der Waals surface area contributed by atoms with Crippen LogP contribution in [0.1, 0.15) is 82.3 Å². The Morgan fingerprint density at radius 2 is 2.07 bits per heavy atom. The summed E-state index contributed by atoms with van der Waals surface area (Å²) in [4.78, 5) is 0. The summed E-state index contributed by atoms with van der Waals surface area (Å²) >= 11 is 0. The van der Waals surface area contributed by atoms with Crippen LogP contribution in [-0.4, -0.2) is 24.6 Å². The molecular formula is C26H36O3. The van der Waals surface area contributed by atoms with Gasteiger partial charge >= 0.3 is 0 Å². The first-order chi connectivity index (χ1) is 14.1. The quantitative estimate of drug-likeness (QED) is 0.661. The number of aryl methyl sites for hydroxylation is 1. The summed E-state index contributed by atoms with van der Waals surface area (Å²) in [6.07, 6.45) is 10.8. The summed E-state index contributed by atoms with van der Waals surface area (Å²) in [7, 11) is 0. The Balaban J connectivity index is 1.36. The molecule has 1 heterocycles. The SMILES string of the molecule is C/C(CO)=C1/CC[C@H]2[C@@H]3CCc4cc(OC5CCCCO5)ccc4[C@H]3CC[C@]12C. The maximum atomic E-state index is 9.73. The smallest absolute Gasteiger partial charge is 0.199 e. The monoisotopic (exact) mass is 396 g/mol. The zero-order valence-electron chi connectivity index (χ0n) is 18.1. The molecule has 1 N–H and O–H groups in total. The number of aliphatic hydroxyl groups is 1. The second-order valence-corrected chi connectivity index (χ2v) is 10.1. The highest BCUT2D eigenvalue weighted by Crippen LogP contribution is 2.63. The molecule has 2 saturated carbocycles. The highest BCUT2D eigenvalue weighted by Gasteiger charge is 2.52. The van der Waals surface area contributed by atoms with Gasteiger partial charge in [0, 0.05) is 6.42 Å². The van der Waals surface area contributed by atoms with E-state index >= 15 is 0 Å². The Kier molecular flexibility index (Phi) is 5.24. The third-order valence-electron chi connectivity index (χ3n) is 8.64. The summed E-state index contributed by atoms with van der Waals surface area (Å²) in [5.41, 5.74) is 6.20. The minimum atomic E-state index is -0.0630. The Morgan fingerprint density at radius 3 is 2.86 bits per heavy atom. The number of aliphatic hydroxyl groups excluding tert-OH is 1. The van der Waals surface area contributed by atoms with E-state index in [4.69, 9.17) is 9.47 Å². The molecule has 0 aromatic heterocycles. The highest BCUT2D eigenvalue weighted by atomic mass is 16.7. The van der Waals surface area contributed by atoms with Crippen LogP contribution in [0.25, 0.3) is 0 Å². The van der Waals surface area contributed by atoms with E-state index in [1.807, 2.05) is 0 Å². The molecule has 1 aromatic rings. The van der Waals surface area contributed by atoms with E-state index < -0.39 is 0 Å². The van der Waals surface area contributed by atoms with Crippen molar-refractivity contribution in [3.8, 4) is 5.75 Å². The van der Waals surface area contributed by atoms with Gasteiger partial charge in [0.2, 0.25) is 0 Å². The first kappa shape index (κ1) is 19.6. The number of rotatable bonds is 3. The second-order valence-electron chi connectivity index (χ2n) is 10.1. The van der Waals surface area contributed by atoms with Gasteiger partial charge in [-0.2, -0.15) is 0 Å². The van der Waals surface area contributed by atoms with Crippen LogP contribution in [0, 0.1) is 17.3 Å². The van der Waals surface area contributed by atoms with Crippen molar-refractivity contribution in [3.05, 3.63) is 40.5 Å². The maximum absolute atomic E-state index is 9.73. The molecular weight excluding hydrogens is 360 g/mol. The lowest BCUT2D eigenvalue weighted by atomic mass is 9.55. The molecule has 5 rings (SSSR count). The summed E-state index contributed by atoms with van der Waals surface area (Å²) in [5.74, 6) is 3.25. The van der Waals surface area contributed by atoms with Gasteiger partial charge in [-0.05, 0) is 110 Å². The van der Waals surface area contributed by atoms with E-state index in [0.717, 1.165) is 37.0 Å². The number of benzene rings is 1. The van der Waals surface area contributed by atoms with Gasteiger partial charge in [0.15, 0.2) is 6.29 Å². The minimum absolute atomic E-state index is 0.0630. The van der Waals surface area contributed by atoms with Gasteiger partial charge < -0.3 is 14.6 Å². The largest absolute Gasteiger partial charge is 0.465 e. The summed E-state index contributed by atoms with van der Waals surface area (Å²) in [6, 6.07) is 6.84. The molecule has 1 aromatic carbocycles. The predicted octanol–water partition coefficient (Wildman–Crippen LogP) is 5.76. The van der Waals surface area contributed by atoms with Gasteiger partial charge in [-0.25, -0.2) is 0 Å². The first-order valence-electron chi connectivity index (χ1n) is 11.8. The molecule has 3 heteroatoms. The molecule has 4 aliphatic rings. The average Bonchev–Trinajstić information content (AvgIpc) is 3.11. The van der Waals surface area contributed by atoms with E-state index in [9.17, 15) is 5.11 Å². The summed E-state index contributed by atoms with van der Waals surface area (Å²) in [6.45, 7) is 5.68. The fourth-order valence-corrected chi connectivity index (χ4v) is 7.20. The van der Waals surface area contributed by atoms with Crippen LogP contribution in [0.15, 0.2) is 29.3 Å². The molecule has 1 aliphatic heterocycles. The summed E-state index contributed by atoms with van der Waals surface area (Å²) < 4.78 is 11.9. The zero-order valence-corrected chi connectivity index (χ0v) is 18.1. The highest BCUT2D eigenvalue weighted by molar-refractivity contribution is 5.41. The van der Waals surface area contributed by atoms with E-state index in [1.165, 1.54) is 56.1 Å². The van der Waals surface area contributed by atoms with Crippen molar-refractivity contribution in [2.75, 3.05) is 13.2 Å². The van der Waals surface area contributed by atoms with Gasteiger partial charge in [-0.3, -0.25) is 0 Å². The van der Waals surface area contributed by atoms with Crippen molar-refractivity contribution in [1.29, 1.82) is 0 Å². The van der Waals surface area contributed by atoms with Crippen LogP contribution in [0.3, 0.4) is 0 Å². The normalized spacial score (nSPS) is 38.0. The van der Waals surface area contributed by atoms with E-state index in [-0.39, 0.29) is 12.9 Å². The topological polar surface area (TPSA) is 38.7 Å².